The number of nitrogens with two attached hydrogens (primary N) is 1. The SMILES string of the molecule is CCCOc1cncc(C(N)c2scnc2C)c1. The van der Waals surface area contributed by atoms with E-state index in [1.807, 2.05) is 18.5 Å². The van der Waals surface area contributed by atoms with Crippen LogP contribution in [0, 0.1) is 6.92 Å². The molecule has 1 unspecified atom stereocenters. The summed E-state index contributed by atoms with van der Waals surface area (Å²) in [6.07, 6.45) is 4.47. The molecule has 0 aliphatic carbocycles. The molecule has 0 bridgehead atoms. The van der Waals surface area contributed by atoms with Crippen LogP contribution in [0.3, 0.4) is 0 Å². The number of pyridine rings is 1. The van der Waals surface area contributed by atoms with Crippen LogP contribution in [0.25, 0.3) is 0 Å². The van der Waals surface area contributed by atoms with E-state index in [2.05, 4.69) is 16.9 Å². The normalized spacial score (nSPS) is 12.4. The van der Waals surface area contributed by atoms with Crippen molar-refractivity contribution in [2.45, 2.75) is 26.3 Å². The Hall–Kier alpha value is -1.46. The minimum atomic E-state index is -0.185. The molecular formula is C13H17N3OS. The zero-order chi connectivity index (χ0) is 13.0. The van der Waals surface area contributed by atoms with E-state index in [4.69, 9.17) is 10.5 Å². The lowest BCUT2D eigenvalue weighted by atomic mass is 10.1. The third kappa shape index (κ3) is 2.86. The Balaban J connectivity index is 2.20. The second-order valence-electron chi connectivity index (χ2n) is 4.08. The van der Waals surface area contributed by atoms with Crippen LogP contribution in [-0.2, 0) is 0 Å². The van der Waals surface area contributed by atoms with Crippen molar-refractivity contribution in [2.75, 3.05) is 6.61 Å². The van der Waals surface area contributed by atoms with Crippen molar-refractivity contribution in [3.05, 3.63) is 40.1 Å². The summed E-state index contributed by atoms with van der Waals surface area (Å²) in [4.78, 5) is 9.47. The Labute approximate surface area is 111 Å². The molecule has 2 N–H and O–H groups in total. The Morgan fingerprint density at radius 1 is 1.44 bits per heavy atom. The predicted octanol–water partition coefficient (Wildman–Crippen LogP) is 2.68. The third-order valence-corrected chi connectivity index (χ3v) is 3.65. The second kappa shape index (κ2) is 5.93. The Bertz CT molecular complexity index is 512. The van der Waals surface area contributed by atoms with E-state index in [0.717, 1.165) is 28.3 Å². The molecule has 2 heterocycles. The number of hydrogen-bond donors (Lipinski definition) is 1. The molecule has 4 nitrogen and oxygen atoms in total. The molecule has 1 atom stereocenters. The zero-order valence-corrected chi connectivity index (χ0v) is 11.4. The zero-order valence-electron chi connectivity index (χ0n) is 10.6. The number of thiazole rings is 1. The fourth-order valence-electron chi connectivity index (χ4n) is 1.67. The first-order valence-electron chi connectivity index (χ1n) is 5.95. The molecule has 0 radical (unpaired) electrons. The van der Waals surface area contributed by atoms with E-state index in [-0.39, 0.29) is 6.04 Å². The van der Waals surface area contributed by atoms with Crippen LogP contribution in [0.5, 0.6) is 5.75 Å². The Morgan fingerprint density at radius 3 is 2.94 bits per heavy atom. The summed E-state index contributed by atoms with van der Waals surface area (Å²) in [6, 6.07) is 1.77. The van der Waals surface area contributed by atoms with Gasteiger partial charge in [0, 0.05) is 11.1 Å². The van der Waals surface area contributed by atoms with Gasteiger partial charge in [0.1, 0.15) is 5.75 Å². The van der Waals surface area contributed by atoms with Gasteiger partial charge in [-0.05, 0) is 25.0 Å². The lowest BCUT2D eigenvalue weighted by Gasteiger charge is -2.12. The molecule has 0 aromatic carbocycles. The number of ether oxygens (including phenoxy) is 1. The average molecular weight is 263 g/mol. The summed E-state index contributed by atoms with van der Waals surface area (Å²) in [7, 11) is 0. The number of rotatable bonds is 5. The highest BCUT2D eigenvalue weighted by Crippen LogP contribution is 2.27. The topological polar surface area (TPSA) is 61.0 Å². The van der Waals surface area contributed by atoms with Gasteiger partial charge in [-0.2, -0.15) is 0 Å². The summed E-state index contributed by atoms with van der Waals surface area (Å²) in [5.74, 6) is 0.770. The van der Waals surface area contributed by atoms with Crippen LogP contribution in [0.4, 0.5) is 0 Å². The van der Waals surface area contributed by atoms with Gasteiger partial charge in [-0.3, -0.25) is 4.98 Å². The minimum Gasteiger partial charge on any atom is -0.492 e. The van der Waals surface area contributed by atoms with E-state index in [0.29, 0.717) is 6.61 Å². The highest BCUT2D eigenvalue weighted by atomic mass is 32.1. The van der Waals surface area contributed by atoms with E-state index in [9.17, 15) is 0 Å². The first kappa shape index (κ1) is 13.0. The van der Waals surface area contributed by atoms with Gasteiger partial charge in [-0.25, -0.2) is 4.98 Å². The first-order valence-corrected chi connectivity index (χ1v) is 6.83. The van der Waals surface area contributed by atoms with Crippen molar-refractivity contribution < 1.29 is 4.74 Å². The van der Waals surface area contributed by atoms with Crippen LogP contribution in [-0.4, -0.2) is 16.6 Å². The van der Waals surface area contributed by atoms with Gasteiger partial charge >= 0.3 is 0 Å². The largest absolute Gasteiger partial charge is 0.492 e. The number of nitrogens with zero attached hydrogens (tertiary/aromatic N) is 2. The van der Waals surface area contributed by atoms with Crippen molar-refractivity contribution >= 4 is 11.3 Å². The van der Waals surface area contributed by atoms with E-state index in [1.54, 1.807) is 23.7 Å². The molecule has 0 aliphatic heterocycles. The molecule has 0 amide bonds. The monoisotopic (exact) mass is 263 g/mol. The van der Waals surface area contributed by atoms with E-state index < -0.39 is 0 Å². The molecule has 0 saturated carbocycles. The van der Waals surface area contributed by atoms with Gasteiger partial charge in [0.05, 0.1) is 30.1 Å². The molecule has 96 valence electrons. The molecule has 18 heavy (non-hydrogen) atoms. The van der Waals surface area contributed by atoms with Crippen LogP contribution in [0.1, 0.15) is 35.5 Å². The van der Waals surface area contributed by atoms with Gasteiger partial charge in [0.25, 0.3) is 0 Å². The number of aromatic nitrogens is 2. The fraction of sp³-hybridized carbons (Fsp3) is 0.385. The molecule has 0 fully saturated rings. The van der Waals surface area contributed by atoms with Crippen LogP contribution >= 0.6 is 11.3 Å². The third-order valence-electron chi connectivity index (χ3n) is 2.63. The highest BCUT2D eigenvalue weighted by Gasteiger charge is 2.14. The molecular weight excluding hydrogens is 246 g/mol. The van der Waals surface area contributed by atoms with Gasteiger partial charge in [0.2, 0.25) is 0 Å². The second-order valence-corrected chi connectivity index (χ2v) is 4.97. The van der Waals surface area contributed by atoms with Gasteiger partial charge in [0.15, 0.2) is 0 Å². The summed E-state index contributed by atoms with van der Waals surface area (Å²) < 4.78 is 5.56. The summed E-state index contributed by atoms with van der Waals surface area (Å²) in [6.45, 7) is 4.74. The van der Waals surface area contributed by atoms with Gasteiger partial charge < -0.3 is 10.5 Å². The van der Waals surface area contributed by atoms with Crippen molar-refractivity contribution in [3.8, 4) is 5.75 Å². The van der Waals surface area contributed by atoms with Crippen molar-refractivity contribution in [3.63, 3.8) is 0 Å². The Morgan fingerprint density at radius 2 is 2.28 bits per heavy atom. The molecule has 0 spiro atoms. The predicted molar refractivity (Wildman–Crippen MR) is 72.9 cm³/mol. The average Bonchev–Trinajstić information content (AvgIpc) is 2.82. The summed E-state index contributed by atoms with van der Waals surface area (Å²) in [5.41, 5.74) is 9.98. The van der Waals surface area contributed by atoms with Crippen molar-refractivity contribution in [2.24, 2.45) is 5.73 Å². The molecule has 2 aromatic heterocycles. The minimum absolute atomic E-state index is 0.185. The smallest absolute Gasteiger partial charge is 0.137 e. The van der Waals surface area contributed by atoms with Crippen molar-refractivity contribution in [1.82, 2.24) is 9.97 Å². The maximum absolute atomic E-state index is 6.23. The number of hydrogen-bond acceptors (Lipinski definition) is 5. The molecule has 0 saturated heterocycles. The highest BCUT2D eigenvalue weighted by molar-refractivity contribution is 7.09. The van der Waals surface area contributed by atoms with Gasteiger partial charge in [-0.15, -0.1) is 11.3 Å². The van der Waals surface area contributed by atoms with E-state index >= 15 is 0 Å². The fourth-order valence-corrected chi connectivity index (χ4v) is 2.50. The first-order chi connectivity index (χ1) is 8.72. The molecule has 2 rings (SSSR count). The lowest BCUT2D eigenvalue weighted by molar-refractivity contribution is 0.315. The van der Waals surface area contributed by atoms with E-state index in [1.165, 1.54) is 0 Å². The molecule has 2 aromatic rings. The summed E-state index contributed by atoms with van der Waals surface area (Å²) >= 11 is 1.57. The Kier molecular flexibility index (Phi) is 4.28. The quantitative estimate of drug-likeness (QED) is 0.901. The van der Waals surface area contributed by atoms with Crippen LogP contribution in [0.15, 0.2) is 24.0 Å². The standard InChI is InChI=1S/C13H17N3OS/c1-3-4-17-11-5-10(6-15-7-11)12(14)13-9(2)16-8-18-13/h5-8,12H,3-4,14H2,1-2H3. The molecule has 0 aliphatic rings. The van der Waals surface area contributed by atoms with Crippen molar-refractivity contribution in [1.29, 1.82) is 0 Å². The van der Waals surface area contributed by atoms with Crippen LogP contribution in [0.2, 0.25) is 0 Å². The van der Waals surface area contributed by atoms with Crippen LogP contribution < -0.4 is 10.5 Å². The van der Waals surface area contributed by atoms with Gasteiger partial charge in [-0.1, -0.05) is 6.92 Å². The summed E-state index contributed by atoms with van der Waals surface area (Å²) in [5, 5.41) is 0. The maximum Gasteiger partial charge on any atom is 0.137 e. The molecule has 5 heteroatoms. The number of aryl methyl sites for hydroxylation is 1. The maximum atomic E-state index is 6.23. The lowest BCUT2D eigenvalue weighted by Crippen LogP contribution is -2.12.